The first-order chi connectivity index (χ1) is 8.33. The Morgan fingerprint density at radius 3 is 3.00 bits per heavy atom. The molecule has 0 fully saturated rings. The third kappa shape index (κ3) is 2.86. The molecule has 0 spiro atoms. The molecule has 0 atom stereocenters. The Bertz CT molecular complexity index is 390. The highest BCUT2D eigenvalue weighted by atomic mass is 16.5. The fourth-order valence-electron chi connectivity index (χ4n) is 2.29. The molecule has 17 heavy (non-hydrogen) atoms. The molecule has 1 aromatic rings. The van der Waals surface area contributed by atoms with Gasteiger partial charge in [0.25, 0.3) is 5.91 Å². The van der Waals surface area contributed by atoms with Crippen LogP contribution < -0.4 is 0 Å². The first-order valence-electron chi connectivity index (χ1n) is 6.19. The summed E-state index contributed by atoms with van der Waals surface area (Å²) in [5.74, 6) is 0.175. The lowest BCUT2D eigenvalue weighted by atomic mass is 10.0. The van der Waals surface area contributed by atoms with Crippen LogP contribution in [0.15, 0.2) is 24.3 Å². The topological polar surface area (TPSA) is 29.5 Å². The number of hydrogen-bond acceptors (Lipinski definition) is 2. The van der Waals surface area contributed by atoms with E-state index >= 15 is 0 Å². The second kappa shape index (κ2) is 5.82. The summed E-state index contributed by atoms with van der Waals surface area (Å²) < 4.78 is 5.03. The van der Waals surface area contributed by atoms with Gasteiger partial charge in [0.2, 0.25) is 0 Å². The molecule has 3 heteroatoms. The Hall–Kier alpha value is -1.35. The van der Waals surface area contributed by atoms with Crippen molar-refractivity contribution in [2.45, 2.75) is 19.3 Å². The number of rotatable bonds is 4. The highest BCUT2D eigenvalue weighted by Gasteiger charge is 2.21. The summed E-state index contributed by atoms with van der Waals surface area (Å²) in [6.45, 7) is 2.36. The molecular formula is C14H19NO2. The summed E-state index contributed by atoms with van der Waals surface area (Å²) in [6, 6.07) is 7.94. The van der Waals surface area contributed by atoms with E-state index in [1.807, 2.05) is 23.1 Å². The predicted molar refractivity (Wildman–Crippen MR) is 67.2 cm³/mol. The molecule has 1 aliphatic heterocycles. The largest absolute Gasteiger partial charge is 0.385 e. The first-order valence-corrected chi connectivity index (χ1v) is 6.19. The van der Waals surface area contributed by atoms with Crippen molar-refractivity contribution in [3.05, 3.63) is 35.4 Å². The number of hydrogen-bond donors (Lipinski definition) is 0. The SMILES string of the molecule is COCCCN1CCCc2ccccc2C1=O. The molecule has 0 bridgehead atoms. The summed E-state index contributed by atoms with van der Waals surface area (Å²) in [7, 11) is 1.69. The lowest BCUT2D eigenvalue weighted by molar-refractivity contribution is 0.0742. The molecule has 0 N–H and O–H groups in total. The molecule has 3 nitrogen and oxygen atoms in total. The van der Waals surface area contributed by atoms with Crippen LogP contribution in [0.25, 0.3) is 0 Å². The van der Waals surface area contributed by atoms with Crippen molar-refractivity contribution in [2.75, 3.05) is 26.8 Å². The first kappa shape index (κ1) is 12.1. The van der Waals surface area contributed by atoms with Gasteiger partial charge in [-0.15, -0.1) is 0 Å². The van der Waals surface area contributed by atoms with Crippen LogP contribution >= 0.6 is 0 Å². The van der Waals surface area contributed by atoms with Crippen LogP contribution in [0, 0.1) is 0 Å². The monoisotopic (exact) mass is 233 g/mol. The van der Waals surface area contributed by atoms with Gasteiger partial charge >= 0.3 is 0 Å². The minimum atomic E-state index is 0.175. The average Bonchev–Trinajstić information content (AvgIpc) is 2.51. The summed E-state index contributed by atoms with van der Waals surface area (Å²) in [5, 5.41) is 0. The van der Waals surface area contributed by atoms with Gasteiger partial charge in [-0.2, -0.15) is 0 Å². The number of methoxy groups -OCH3 is 1. The number of carbonyl (C=O) groups is 1. The second-order valence-electron chi connectivity index (χ2n) is 4.40. The molecule has 1 heterocycles. The number of amides is 1. The van der Waals surface area contributed by atoms with Gasteiger partial charge in [-0.25, -0.2) is 0 Å². The molecule has 0 unspecified atom stereocenters. The molecule has 0 saturated carbocycles. The van der Waals surface area contributed by atoms with Gasteiger partial charge in [0.1, 0.15) is 0 Å². The van der Waals surface area contributed by atoms with E-state index in [1.165, 1.54) is 5.56 Å². The predicted octanol–water partition coefficient (Wildman–Crippen LogP) is 2.11. The highest BCUT2D eigenvalue weighted by Crippen LogP contribution is 2.18. The Labute approximate surface area is 102 Å². The van der Waals surface area contributed by atoms with E-state index in [9.17, 15) is 4.79 Å². The maximum Gasteiger partial charge on any atom is 0.254 e. The van der Waals surface area contributed by atoms with Crippen molar-refractivity contribution in [2.24, 2.45) is 0 Å². The fraction of sp³-hybridized carbons (Fsp3) is 0.500. The van der Waals surface area contributed by atoms with Gasteiger partial charge in [-0.3, -0.25) is 4.79 Å². The Balaban J connectivity index is 2.09. The van der Waals surface area contributed by atoms with E-state index in [1.54, 1.807) is 7.11 Å². The number of carbonyl (C=O) groups excluding carboxylic acids is 1. The quantitative estimate of drug-likeness (QED) is 0.745. The van der Waals surface area contributed by atoms with Crippen molar-refractivity contribution < 1.29 is 9.53 Å². The van der Waals surface area contributed by atoms with Gasteiger partial charge in [0.05, 0.1) is 0 Å². The van der Waals surface area contributed by atoms with Crippen molar-refractivity contribution >= 4 is 5.91 Å². The summed E-state index contributed by atoms with van der Waals surface area (Å²) >= 11 is 0. The number of fused-ring (bicyclic) bond motifs is 1. The molecule has 0 aromatic heterocycles. The van der Waals surface area contributed by atoms with Crippen molar-refractivity contribution in [1.82, 2.24) is 4.90 Å². The van der Waals surface area contributed by atoms with Gasteiger partial charge in [-0.1, -0.05) is 18.2 Å². The molecule has 92 valence electrons. The summed E-state index contributed by atoms with van der Waals surface area (Å²) in [4.78, 5) is 14.3. The third-order valence-electron chi connectivity index (χ3n) is 3.19. The zero-order valence-electron chi connectivity index (χ0n) is 10.3. The van der Waals surface area contributed by atoms with Crippen LogP contribution in [0.1, 0.15) is 28.8 Å². The molecule has 0 radical (unpaired) electrons. The van der Waals surface area contributed by atoms with Gasteiger partial charge < -0.3 is 9.64 Å². The summed E-state index contributed by atoms with van der Waals surface area (Å²) in [5.41, 5.74) is 2.06. The van der Waals surface area contributed by atoms with Crippen LogP contribution in [0.3, 0.4) is 0 Å². The third-order valence-corrected chi connectivity index (χ3v) is 3.19. The zero-order chi connectivity index (χ0) is 12.1. The minimum Gasteiger partial charge on any atom is -0.385 e. The average molecular weight is 233 g/mol. The highest BCUT2D eigenvalue weighted by molar-refractivity contribution is 5.96. The Kier molecular flexibility index (Phi) is 4.15. The van der Waals surface area contributed by atoms with Crippen molar-refractivity contribution in [3.63, 3.8) is 0 Å². The van der Waals surface area contributed by atoms with Crippen LogP contribution in [0.2, 0.25) is 0 Å². The normalized spacial score (nSPS) is 15.6. The smallest absolute Gasteiger partial charge is 0.254 e. The maximum absolute atomic E-state index is 12.3. The molecule has 1 aromatic carbocycles. The lowest BCUT2D eigenvalue weighted by Crippen LogP contribution is -2.32. The van der Waals surface area contributed by atoms with Gasteiger partial charge in [-0.05, 0) is 30.9 Å². The molecule has 0 saturated heterocycles. The van der Waals surface area contributed by atoms with E-state index in [-0.39, 0.29) is 5.91 Å². The van der Waals surface area contributed by atoms with E-state index < -0.39 is 0 Å². The standard InChI is InChI=1S/C14H19NO2/c1-17-11-5-10-15-9-4-7-12-6-2-3-8-13(12)14(15)16/h2-3,6,8H,4-5,7,9-11H2,1H3. The molecule has 1 amide bonds. The number of aryl methyl sites for hydroxylation is 1. The Morgan fingerprint density at radius 1 is 1.35 bits per heavy atom. The van der Waals surface area contributed by atoms with Crippen LogP contribution in [0.5, 0.6) is 0 Å². The zero-order valence-corrected chi connectivity index (χ0v) is 10.3. The van der Waals surface area contributed by atoms with Crippen molar-refractivity contribution in [1.29, 1.82) is 0 Å². The fourth-order valence-corrected chi connectivity index (χ4v) is 2.29. The van der Waals surface area contributed by atoms with Gasteiger partial charge in [0, 0.05) is 32.4 Å². The summed E-state index contributed by atoms with van der Waals surface area (Å²) in [6.07, 6.45) is 2.96. The minimum absolute atomic E-state index is 0.175. The number of ether oxygens (including phenoxy) is 1. The molecule has 0 aliphatic carbocycles. The molecule has 1 aliphatic rings. The Morgan fingerprint density at radius 2 is 2.18 bits per heavy atom. The number of benzene rings is 1. The number of nitrogens with zero attached hydrogens (tertiary/aromatic N) is 1. The lowest BCUT2D eigenvalue weighted by Gasteiger charge is -2.20. The van der Waals surface area contributed by atoms with E-state index in [0.717, 1.165) is 37.9 Å². The van der Waals surface area contributed by atoms with Crippen molar-refractivity contribution in [3.8, 4) is 0 Å². The van der Waals surface area contributed by atoms with Crippen LogP contribution in [0.4, 0.5) is 0 Å². The van der Waals surface area contributed by atoms with E-state index in [2.05, 4.69) is 6.07 Å². The molecular weight excluding hydrogens is 214 g/mol. The second-order valence-corrected chi connectivity index (χ2v) is 4.40. The van der Waals surface area contributed by atoms with Crippen LogP contribution in [-0.2, 0) is 11.2 Å². The maximum atomic E-state index is 12.3. The molecule has 2 rings (SSSR count). The van der Waals surface area contributed by atoms with Gasteiger partial charge in [0.15, 0.2) is 0 Å². The van der Waals surface area contributed by atoms with E-state index in [4.69, 9.17) is 4.74 Å². The van der Waals surface area contributed by atoms with E-state index in [0.29, 0.717) is 6.61 Å². The van der Waals surface area contributed by atoms with Crippen LogP contribution in [-0.4, -0.2) is 37.6 Å².